The molecular formula is C16H25BO4. The number of hydrogen-bond acceptors (Lipinski definition) is 4. The number of carbonyl (C=O) groups excluding carboxylic acids is 1. The molecule has 0 aliphatic heterocycles. The SMILES string of the molecule is COC(=O)CCc1ccccc1BOC(C)(C)C(C)(C)O. The van der Waals surface area contributed by atoms with E-state index in [-0.39, 0.29) is 5.97 Å². The van der Waals surface area contributed by atoms with Gasteiger partial charge in [-0.25, -0.2) is 0 Å². The van der Waals surface area contributed by atoms with Crippen LogP contribution in [-0.2, 0) is 20.6 Å². The monoisotopic (exact) mass is 292 g/mol. The molecule has 0 unspecified atom stereocenters. The van der Waals surface area contributed by atoms with Crippen molar-refractivity contribution in [3.8, 4) is 0 Å². The average molecular weight is 292 g/mol. The van der Waals surface area contributed by atoms with Gasteiger partial charge in [-0.1, -0.05) is 29.8 Å². The van der Waals surface area contributed by atoms with E-state index in [2.05, 4.69) is 4.74 Å². The second kappa shape index (κ2) is 7.10. The van der Waals surface area contributed by atoms with Crippen LogP contribution in [0.3, 0.4) is 0 Å². The topological polar surface area (TPSA) is 55.8 Å². The molecule has 0 atom stereocenters. The van der Waals surface area contributed by atoms with Crippen molar-refractivity contribution in [3.05, 3.63) is 29.8 Å². The summed E-state index contributed by atoms with van der Waals surface area (Å²) in [6, 6.07) is 7.85. The average Bonchev–Trinajstić information content (AvgIpc) is 2.42. The molecule has 116 valence electrons. The van der Waals surface area contributed by atoms with Crippen molar-refractivity contribution in [1.29, 1.82) is 0 Å². The Kier molecular flexibility index (Phi) is 5.99. The van der Waals surface area contributed by atoms with Crippen LogP contribution in [0.15, 0.2) is 24.3 Å². The van der Waals surface area contributed by atoms with E-state index in [1.54, 1.807) is 13.8 Å². The minimum absolute atomic E-state index is 0.220. The second-order valence-corrected chi connectivity index (χ2v) is 6.20. The zero-order valence-electron chi connectivity index (χ0n) is 13.6. The van der Waals surface area contributed by atoms with Crippen LogP contribution in [0.25, 0.3) is 0 Å². The number of esters is 1. The van der Waals surface area contributed by atoms with Crippen LogP contribution in [0.2, 0.25) is 0 Å². The first-order chi connectivity index (χ1) is 9.67. The molecule has 0 saturated heterocycles. The summed E-state index contributed by atoms with van der Waals surface area (Å²) in [5.41, 5.74) is 0.490. The normalized spacial score (nSPS) is 12.1. The summed E-state index contributed by atoms with van der Waals surface area (Å²) < 4.78 is 10.6. The lowest BCUT2D eigenvalue weighted by molar-refractivity contribution is -0.140. The molecule has 1 aromatic carbocycles. The van der Waals surface area contributed by atoms with Crippen molar-refractivity contribution in [1.82, 2.24) is 0 Å². The van der Waals surface area contributed by atoms with Gasteiger partial charge in [0.15, 0.2) is 0 Å². The maximum atomic E-state index is 11.3. The Morgan fingerprint density at radius 1 is 1.24 bits per heavy atom. The van der Waals surface area contributed by atoms with Crippen LogP contribution >= 0.6 is 0 Å². The summed E-state index contributed by atoms with van der Waals surface area (Å²) >= 11 is 0. The van der Waals surface area contributed by atoms with Gasteiger partial charge in [-0.2, -0.15) is 0 Å². The Morgan fingerprint density at radius 2 is 1.86 bits per heavy atom. The summed E-state index contributed by atoms with van der Waals surface area (Å²) in [5, 5.41) is 10.1. The minimum atomic E-state index is -0.937. The number of rotatable bonds is 7. The van der Waals surface area contributed by atoms with Gasteiger partial charge < -0.3 is 14.5 Å². The van der Waals surface area contributed by atoms with Crippen LogP contribution in [0.4, 0.5) is 0 Å². The van der Waals surface area contributed by atoms with E-state index in [9.17, 15) is 9.90 Å². The van der Waals surface area contributed by atoms with Crippen molar-refractivity contribution >= 4 is 18.9 Å². The molecule has 1 N–H and O–H groups in total. The highest BCUT2D eigenvalue weighted by molar-refractivity contribution is 6.47. The highest BCUT2D eigenvalue weighted by Crippen LogP contribution is 2.24. The number of hydrogen-bond donors (Lipinski definition) is 1. The van der Waals surface area contributed by atoms with Crippen molar-refractivity contribution in [2.75, 3.05) is 7.11 Å². The summed E-state index contributed by atoms with van der Waals surface area (Å²) in [4.78, 5) is 11.3. The van der Waals surface area contributed by atoms with Crippen LogP contribution in [-0.4, -0.2) is 36.9 Å². The number of ether oxygens (including phenoxy) is 1. The first kappa shape index (κ1) is 17.7. The van der Waals surface area contributed by atoms with Crippen LogP contribution < -0.4 is 5.46 Å². The van der Waals surface area contributed by atoms with E-state index < -0.39 is 11.2 Å². The van der Waals surface area contributed by atoms with Gasteiger partial charge in [0.25, 0.3) is 0 Å². The van der Waals surface area contributed by atoms with Crippen LogP contribution in [0.5, 0.6) is 0 Å². The fourth-order valence-corrected chi connectivity index (χ4v) is 1.72. The zero-order valence-corrected chi connectivity index (χ0v) is 13.6. The number of aryl methyl sites for hydroxylation is 1. The zero-order chi connectivity index (χ0) is 16.1. The summed E-state index contributed by atoms with van der Waals surface area (Å²) in [6.07, 6.45) is 0.970. The highest BCUT2D eigenvalue weighted by Gasteiger charge is 2.35. The first-order valence-corrected chi connectivity index (χ1v) is 7.17. The number of benzene rings is 1. The number of methoxy groups -OCH3 is 1. The molecule has 0 saturated carbocycles. The largest absolute Gasteiger partial charge is 0.469 e. The van der Waals surface area contributed by atoms with Crippen LogP contribution in [0, 0.1) is 0 Å². The summed E-state index contributed by atoms with van der Waals surface area (Å²) in [5.74, 6) is -0.220. The molecule has 5 heteroatoms. The van der Waals surface area contributed by atoms with Gasteiger partial charge in [-0.15, -0.1) is 0 Å². The van der Waals surface area contributed by atoms with Crippen molar-refractivity contribution < 1.29 is 19.3 Å². The predicted octanol–water partition coefficient (Wildman–Crippen LogP) is 1.34. The first-order valence-electron chi connectivity index (χ1n) is 7.17. The molecule has 0 amide bonds. The lowest BCUT2D eigenvalue weighted by Gasteiger charge is -2.37. The molecule has 0 aliphatic rings. The van der Waals surface area contributed by atoms with Gasteiger partial charge in [0.2, 0.25) is 0 Å². The summed E-state index contributed by atoms with van der Waals surface area (Å²) in [7, 11) is 1.79. The molecule has 0 radical (unpaired) electrons. The van der Waals surface area contributed by atoms with Gasteiger partial charge in [-0.05, 0) is 39.6 Å². The fraction of sp³-hybridized carbons (Fsp3) is 0.562. The quantitative estimate of drug-likeness (QED) is 0.608. The Hall–Kier alpha value is -1.33. The molecular weight excluding hydrogens is 267 g/mol. The Labute approximate surface area is 127 Å². The third-order valence-corrected chi connectivity index (χ3v) is 4.01. The van der Waals surface area contributed by atoms with E-state index in [1.165, 1.54) is 7.11 Å². The maximum Gasteiger partial charge on any atom is 0.309 e. The second-order valence-electron chi connectivity index (χ2n) is 6.20. The van der Waals surface area contributed by atoms with Crippen LogP contribution in [0.1, 0.15) is 39.7 Å². The third kappa shape index (κ3) is 5.18. The van der Waals surface area contributed by atoms with Gasteiger partial charge in [0.1, 0.15) is 0 Å². The van der Waals surface area contributed by atoms with Gasteiger partial charge in [0, 0.05) is 6.42 Å². The predicted molar refractivity (Wildman–Crippen MR) is 85.0 cm³/mol. The van der Waals surface area contributed by atoms with Crippen molar-refractivity contribution in [2.24, 2.45) is 0 Å². The molecule has 1 aromatic rings. The third-order valence-electron chi connectivity index (χ3n) is 4.01. The molecule has 21 heavy (non-hydrogen) atoms. The Morgan fingerprint density at radius 3 is 2.43 bits per heavy atom. The summed E-state index contributed by atoms with van der Waals surface area (Å²) in [6.45, 7) is 7.19. The minimum Gasteiger partial charge on any atom is -0.469 e. The lowest BCUT2D eigenvalue weighted by Crippen LogP contribution is -2.49. The van der Waals surface area contributed by atoms with E-state index in [1.807, 2.05) is 38.1 Å². The molecule has 4 nitrogen and oxygen atoms in total. The van der Waals surface area contributed by atoms with Crippen molar-refractivity contribution in [3.63, 3.8) is 0 Å². The highest BCUT2D eigenvalue weighted by atomic mass is 16.5. The van der Waals surface area contributed by atoms with Gasteiger partial charge >= 0.3 is 13.5 Å². The number of aliphatic hydroxyl groups is 1. The van der Waals surface area contributed by atoms with E-state index in [0.29, 0.717) is 20.3 Å². The fourth-order valence-electron chi connectivity index (χ4n) is 1.72. The van der Waals surface area contributed by atoms with Crippen molar-refractivity contribution in [2.45, 2.75) is 51.7 Å². The Bertz CT molecular complexity index is 477. The molecule has 0 bridgehead atoms. The smallest absolute Gasteiger partial charge is 0.309 e. The molecule has 0 fully saturated rings. The van der Waals surface area contributed by atoms with E-state index in [0.717, 1.165) is 11.0 Å². The maximum absolute atomic E-state index is 11.3. The molecule has 0 spiro atoms. The molecule has 1 rings (SSSR count). The lowest BCUT2D eigenvalue weighted by atomic mass is 9.79. The van der Waals surface area contributed by atoms with E-state index in [4.69, 9.17) is 4.65 Å². The van der Waals surface area contributed by atoms with Gasteiger partial charge in [0.05, 0.1) is 18.3 Å². The molecule has 0 aliphatic carbocycles. The Balaban J connectivity index is 2.74. The molecule has 0 aromatic heterocycles. The van der Waals surface area contributed by atoms with Gasteiger partial charge in [-0.3, -0.25) is 4.79 Å². The van der Waals surface area contributed by atoms with E-state index >= 15 is 0 Å². The number of carbonyl (C=O) groups is 1. The molecule has 0 heterocycles. The standard InChI is InChI=1S/C16H25BO4/c1-15(2,19)16(3,4)21-17-13-9-7-6-8-12(13)10-11-14(18)20-5/h6-9,17,19H,10-11H2,1-5H3.